The van der Waals surface area contributed by atoms with Crippen LogP contribution in [0.5, 0.6) is 0 Å². The van der Waals surface area contributed by atoms with E-state index >= 15 is 0 Å². The molecule has 1 aliphatic rings. The second kappa shape index (κ2) is 6.15. The summed E-state index contributed by atoms with van der Waals surface area (Å²) in [7, 11) is 0. The van der Waals surface area contributed by atoms with E-state index in [1.54, 1.807) is 0 Å². The molecule has 1 heterocycles. The Morgan fingerprint density at radius 3 is 2.42 bits per heavy atom. The van der Waals surface area contributed by atoms with Crippen molar-refractivity contribution in [3.05, 3.63) is 35.4 Å². The first-order valence-electron chi connectivity index (χ1n) is 6.69. The van der Waals surface area contributed by atoms with E-state index < -0.39 is 0 Å². The highest BCUT2D eigenvalue weighted by atomic mass is 32.1. The highest BCUT2D eigenvalue weighted by molar-refractivity contribution is 7.80. The van der Waals surface area contributed by atoms with Gasteiger partial charge in [0.15, 0.2) is 0 Å². The minimum absolute atomic E-state index is 0.199. The van der Waals surface area contributed by atoms with E-state index in [2.05, 4.69) is 0 Å². The minimum Gasteiger partial charge on any atom is -0.393 e. The lowest BCUT2D eigenvalue weighted by Gasteiger charge is -2.31. The molecule has 1 aromatic rings. The quantitative estimate of drug-likeness (QED) is 0.860. The summed E-state index contributed by atoms with van der Waals surface area (Å²) in [4.78, 5) is 14.7. The summed E-state index contributed by atoms with van der Waals surface area (Å²) >= 11 is 5.01. The molecule has 4 heteroatoms. The summed E-state index contributed by atoms with van der Waals surface area (Å²) in [6.07, 6.45) is 2.28. The molecule has 0 aliphatic carbocycles. The standard InChI is InChI=1S/C15H20N2OS/c1-11-2-4-12(5-3-11)10-14(18)17-8-6-13(7-9-17)15(16)19/h2-5,13H,6-10H2,1H3,(H2,16,19). The molecule has 102 valence electrons. The fraction of sp³-hybridized carbons (Fsp3) is 0.467. The third-order valence-corrected chi connectivity index (χ3v) is 4.06. The van der Waals surface area contributed by atoms with E-state index in [9.17, 15) is 4.79 Å². The average Bonchev–Trinajstić information content (AvgIpc) is 2.41. The van der Waals surface area contributed by atoms with Crippen LogP contribution in [0.3, 0.4) is 0 Å². The first-order chi connectivity index (χ1) is 9.06. The van der Waals surface area contributed by atoms with Gasteiger partial charge >= 0.3 is 0 Å². The largest absolute Gasteiger partial charge is 0.393 e. The molecule has 19 heavy (non-hydrogen) atoms. The number of nitrogens with zero attached hydrogens (tertiary/aromatic N) is 1. The van der Waals surface area contributed by atoms with E-state index in [1.807, 2.05) is 36.1 Å². The number of nitrogens with two attached hydrogens (primary N) is 1. The highest BCUT2D eigenvalue weighted by Crippen LogP contribution is 2.18. The van der Waals surface area contributed by atoms with Gasteiger partial charge in [0, 0.05) is 19.0 Å². The van der Waals surface area contributed by atoms with Crippen molar-refractivity contribution >= 4 is 23.1 Å². The third kappa shape index (κ3) is 3.77. The van der Waals surface area contributed by atoms with Gasteiger partial charge in [-0.15, -0.1) is 0 Å². The van der Waals surface area contributed by atoms with Gasteiger partial charge in [0.25, 0.3) is 0 Å². The molecule has 2 N–H and O–H groups in total. The predicted molar refractivity (Wildman–Crippen MR) is 81.0 cm³/mol. The van der Waals surface area contributed by atoms with Crippen molar-refractivity contribution in [1.29, 1.82) is 0 Å². The van der Waals surface area contributed by atoms with E-state index in [4.69, 9.17) is 18.0 Å². The third-order valence-electron chi connectivity index (χ3n) is 3.73. The molecule has 2 rings (SSSR count). The number of amides is 1. The Kier molecular flexibility index (Phi) is 4.53. The van der Waals surface area contributed by atoms with Gasteiger partial charge in [-0.25, -0.2) is 0 Å². The van der Waals surface area contributed by atoms with Crippen molar-refractivity contribution in [3.63, 3.8) is 0 Å². The summed E-state index contributed by atoms with van der Waals surface area (Å²) in [5.74, 6) is 0.503. The summed E-state index contributed by atoms with van der Waals surface area (Å²) in [5, 5.41) is 0. The molecule has 1 fully saturated rings. The number of piperidine rings is 1. The number of aryl methyl sites for hydroxylation is 1. The van der Waals surface area contributed by atoms with Crippen LogP contribution in [0.15, 0.2) is 24.3 Å². The lowest BCUT2D eigenvalue weighted by Crippen LogP contribution is -2.41. The van der Waals surface area contributed by atoms with Crippen molar-refractivity contribution in [2.45, 2.75) is 26.2 Å². The molecule has 0 unspecified atom stereocenters. The average molecular weight is 276 g/mol. The molecule has 0 spiro atoms. The zero-order valence-electron chi connectivity index (χ0n) is 11.3. The molecule has 0 aromatic heterocycles. The molecule has 1 amide bonds. The van der Waals surface area contributed by atoms with Crippen LogP contribution >= 0.6 is 12.2 Å². The maximum Gasteiger partial charge on any atom is 0.226 e. The molecule has 1 aliphatic heterocycles. The molecule has 1 aromatic carbocycles. The zero-order chi connectivity index (χ0) is 13.8. The Bertz CT molecular complexity index is 462. The number of hydrogen-bond acceptors (Lipinski definition) is 2. The van der Waals surface area contributed by atoms with Crippen LogP contribution in [0, 0.1) is 12.8 Å². The molecule has 0 radical (unpaired) electrons. The fourth-order valence-corrected chi connectivity index (χ4v) is 2.64. The van der Waals surface area contributed by atoms with Crippen LogP contribution in [0.4, 0.5) is 0 Å². The van der Waals surface area contributed by atoms with Crippen molar-refractivity contribution < 1.29 is 4.79 Å². The van der Waals surface area contributed by atoms with Gasteiger partial charge in [-0.3, -0.25) is 4.79 Å². The molecule has 3 nitrogen and oxygen atoms in total. The van der Waals surface area contributed by atoms with E-state index in [0.717, 1.165) is 31.5 Å². The Hall–Kier alpha value is -1.42. The van der Waals surface area contributed by atoms with Gasteiger partial charge < -0.3 is 10.6 Å². The molecule has 0 atom stereocenters. The number of carbonyl (C=O) groups is 1. The number of likely N-dealkylation sites (tertiary alicyclic amines) is 1. The lowest BCUT2D eigenvalue weighted by molar-refractivity contribution is -0.131. The van der Waals surface area contributed by atoms with Crippen LogP contribution in [-0.4, -0.2) is 28.9 Å². The summed E-state index contributed by atoms with van der Waals surface area (Å²) < 4.78 is 0. The minimum atomic E-state index is 0.199. The molecular formula is C15H20N2OS. The summed E-state index contributed by atoms with van der Waals surface area (Å²) in [6, 6.07) is 8.13. The fourth-order valence-electron chi connectivity index (χ4n) is 2.41. The van der Waals surface area contributed by atoms with Crippen molar-refractivity contribution in [2.75, 3.05) is 13.1 Å². The summed E-state index contributed by atoms with van der Waals surface area (Å²) in [5.41, 5.74) is 7.95. The van der Waals surface area contributed by atoms with Crippen LogP contribution in [0.25, 0.3) is 0 Å². The maximum absolute atomic E-state index is 12.2. The van der Waals surface area contributed by atoms with Gasteiger partial charge in [0.2, 0.25) is 5.91 Å². The number of carbonyl (C=O) groups excluding carboxylic acids is 1. The van der Waals surface area contributed by atoms with Crippen LogP contribution in [-0.2, 0) is 11.2 Å². The first kappa shape index (κ1) is 14.0. The van der Waals surface area contributed by atoms with Crippen LogP contribution in [0.2, 0.25) is 0 Å². The second-order valence-electron chi connectivity index (χ2n) is 5.22. The van der Waals surface area contributed by atoms with Gasteiger partial charge in [-0.1, -0.05) is 42.0 Å². The predicted octanol–water partition coefficient (Wildman–Crippen LogP) is 2.06. The van der Waals surface area contributed by atoms with E-state index in [1.165, 1.54) is 5.56 Å². The van der Waals surface area contributed by atoms with Crippen molar-refractivity contribution in [3.8, 4) is 0 Å². The number of rotatable bonds is 3. The molecular weight excluding hydrogens is 256 g/mol. The van der Waals surface area contributed by atoms with E-state index in [0.29, 0.717) is 17.3 Å². The first-order valence-corrected chi connectivity index (χ1v) is 7.09. The monoisotopic (exact) mass is 276 g/mol. The second-order valence-corrected chi connectivity index (χ2v) is 5.69. The Labute approximate surface area is 119 Å². The number of thiocarbonyl (C=S) groups is 1. The smallest absolute Gasteiger partial charge is 0.226 e. The van der Waals surface area contributed by atoms with Crippen molar-refractivity contribution in [2.24, 2.45) is 11.7 Å². The number of hydrogen-bond donors (Lipinski definition) is 1. The Morgan fingerprint density at radius 1 is 1.32 bits per heavy atom. The maximum atomic E-state index is 12.2. The van der Waals surface area contributed by atoms with Crippen molar-refractivity contribution in [1.82, 2.24) is 4.90 Å². The molecule has 1 saturated heterocycles. The Morgan fingerprint density at radius 2 is 1.89 bits per heavy atom. The lowest BCUT2D eigenvalue weighted by atomic mass is 9.96. The highest BCUT2D eigenvalue weighted by Gasteiger charge is 2.23. The van der Waals surface area contributed by atoms with Crippen LogP contribution in [0.1, 0.15) is 24.0 Å². The van der Waals surface area contributed by atoms with Gasteiger partial charge in [-0.2, -0.15) is 0 Å². The summed E-state index contributed by atoms with van der Waals surface area (Å²) in [6.45, 7) is 3.59. The van der Waals surface area contributed by atoms with Gasteiger partial charge in [0.05, 0.1) is 11.4 Å². The number of benzene rings is 1. The van der Waals surface area contributed by atoms with E-state index in [-0.39, 0.29) is 5.91 Å². The van der Waals surface area contributed by atoms with Crippen LogP contribution < -0.4 is 5.73 Å². The normalized spacial score (nSPS) is 16.4. The zero-order valence-corrected chi connectivity index (χ0v) is 12.1. The molecule has 0 bridgehead atoms. The SMILES string of the molecule is Cc1ccc(CC(=O)N2CCC(C(N)=S)CC2)cc1. The topological polar surface area (TPSA) is 46.3 Å². The van der Waals surface area contributed by atoms with Gasteiger partial charge in [-0.05, 0) is 25.3 Å². The molecule has 0 saturated carbocycles. The Balaban J connectivity index is 1.88. The van der Waals surface area contributed by atoms with Gasteiger partial charge in [0.1, 0.15) is 0 Å².